The number of fused-ring (bicyclic) bond motifs is 1. The van der Waals surface area contributed by atoms with Crippen LogP contribution >= 0.6 is 15.9 Å². The molecule has 11 nitrogen and oxygen atoms in total. The number of rotatable bonds is 5. The lowest BCUT2D eigenvalue weighted by Crippen LogP contribution is -2.07. The summed E-state index contributed by atoms with van der Waals surface area (Å²) in [7, 11) is 0. The zero-order chi connectivity index (χ0) is 34.2. The van der Waals surface area contributed by atoms with E-state index in [2.05, 4.69) is 25.9 Å². The Bertz CT molecular complexity index is 1880. The molecule has 0 aliphatic rings. The number of nitrogens with zero attached hydrogens (tertiary/aromatic N) is 5. The number of carbonyl (C=O) groups excluding carboxylic acids is 1. The summed E-state index contributed by atoms with van der Waals surface area (Å²) >= 11 is 2.90. The Hall–Kier alpha value is -5.39. The van der Waals surface area contributed by atoms with Crippen molar-refractivity contribution in [3.05, 3.63) is 128 Å². The number of carbonyl (C=O) groups is 1. The van der Waals surface area contributed by atoms with Crippen molar-refractivity contribution in [1.29, 1.82) is 0 Å². The second-order valence-corrected chi connectivity index (χ2v) is 9.45. The first-order chi connectivity index (χ1) is 21.5. The van der Waals surface area contributed by atoms with E-state index in [0.717, 1.165) is 24.3 Å². The highest BCUT2D eigenvalue weighted by Gasteiger charge is 2.31. The number of nitrogens with two attached hydrogens (primary N) is 1. The largest absolute Gasteiger partial charge is 0.416 e. The van der Waals surface area contributed by atoms with Crippen LogP contribution in [-0.4, -0.2) is 35.3 Å². The molecule has 5 rings (SSSR count). The summed E-state index contributed by atoms with van der Waals surface area (Å²) in [5, 5.41) is 21.1. The number of alkyl halides is 7. The number of Topliss-reactive ketones (excluding diaryl/α,β-unsaturated/α-hetero) is 1. The summed E-state index contributed by atoms with van der Waals surface area (Å²) < 4.78 is 76.3. The van der Waals surface area contributed by atoms with Crippen LogP contribution in [0.15, 0.2) is 91.4 Å². The van der Waals surface area contributed by atoms with Gasteiger partial charge in [0, 0.05) is 41.9 Å². The normalized spacial score (nSPS) is 11.1. The van der Waals surface area contributed by atoms with Gasteiger partial charge < -0.3 is 10.1 Å². The summed E-state index contributed by atoms with van der Waals surface area (Å²) in [6.45, 7) is 0. The predicted octanol–water partition coefficient (Wildman–Crippen LogP) is 7.78. The SMILES string of the molecule is Nc1ncccc1[N+](=O)[O-].O=C(CBr)c1cccc(C(F)(F)F)c1.O=[N+]([O-])c1cccn2cc(-c3cccc(C(F)(F)F)c3)nc12. The zero-order valence-electron chi connectivity index (χ0n) is 22.9. The molecule has 0 unspecified atom stereocenters. The average molecular weight is 713 g/mol. The van der Waals surface area contributed by atoms with Crippen LogP contribution in [0.25, 0.3) is 16.9 Å². The van der Waals surface area contributed by atoms with E-state index in [1.165, 1.54) is 65.3 Å². The van der Waals surface area contributed by atoms with E-state index in [4.69, 9.17) is 5.73 Å². The van der Waals surface area contributed by atoms with Gasteiger partial charge in [0.1, 0.15) is 0 Å². The molecule has 18 heteroatoms. The molecule has 0 saturated carbocycles. The number of pyridine rings is 2. The van der Waals surface area contributed by atoms with Crippen LogP contribution < -0.4 is 5.73 Å². The van der Waals surface area contributed by atoms with Crippen LogP contribution in [0.1, 0.15) is 21.5 Å². The molecule has 5 aromatic rings. The fourth-order valence-electron chi connectivity index (χ4n) is 3.64. The maximum Gasteiger partial charge on any atom is 0.416 e. The number of ketones is 1. The Labute approximate surface area is 262 Å². The number of hydrogen-bond donors (Lipinski definition) is 1. The minimum Gasteiger partial charge on any atom is -0.378 e. The first-order valence-electron chi connectivity index (χ1n) is 12.4. The first kappa shape index (κ1) is 35.1. The lowest BCUT2D eigenvalue weighted by atomic mass is 10.1. The quantitative estimate of drug-likeness (QED) is 0.0636. The first-order valence-corrected chi connectivity index (χ1v) is 13.6. The molecule has 0 saturated heterocycles. The Morgan fingerprint density at radius 2 is 1.43 bits per heavy atom. The summed E-state index contributed by atoms with van der Waals surface area (Å²) in [4.78, 5) is 38.6. The molecule has 2 N–H and O–H groups in total. The maximum atomic E-state index is 12.7. The highest BCUT2D eigenvalue weighted by molar-refractivity contribution is 9.09. The van der Waals surface area contributed by atoms with E-state index in [9.17, 15) is 51.4 Å². The Kier molecular flexibility index (Phi) is 11.1. The van der Waals surface area contributed by atoms with Gasteiger partial charge in [0.2, 0.25) is 11.5 Å². The van der Waals surface area contributed by atoms with E-state index in [-0.39, 0.29) is 50.8 Å². The summed E-state index contributed by atoms with van der Waals surface area (Å²) in [6.07, 6.45) is -4.45. The number of halogens is 7. The van der Waals surface area contributed by atoms with Gasteiger partial charge in [-0.1, -0.05) is 40.2 Å². The van der Waals surface area contributed by atoms with Crippen LogP contribution in [0, 0.1) is 20.2 Å². The number of nitro groups is 2. The molecule has 0 fully saturated rings. The van der Waals surface area contributed by atoms with Crippen molar-refractivity contribution >= 4 is 44.6 Å². The summed E-state index contributed by atoms with van der Waals surface area (Å²) in [5.74, 6) is -0.413. The number of hydrogen-bond acceptors (Lipinski definition) is 8. The van der Waals surface area contributed by atoms with Crippen molar-refractivity contribution in [3.8, 4) is 11.3 Å². The monoisotopic (exact) mass is 712 g/mol. The number of benzene rings is 2. The molecule has 0 aliphatic heterocycles. The number of anilines is 1. The molecule has 0 spiro atoms. The van der Waals surface area contributed by atoms with Gasteiger partial charge in [0.15, 0.2) is 5.78 Å². The number of nitrogen functional groups attached to an aromatic ring is 1. The van der Waals surface area contributed by atoms with Gasteiger partial charge in [-0.15, -0.1) is 0 Å². The van der Waals surface area contributed by atoms with Crippen LogP contribution in [0.4, 0.5) is 43.5 Å². The van der Waals surface area contributed by atoms with E-state index < -0.39 is 33.3 Å². The van der Waals surface area contributed by atoms with E-state index >= 15 is 0 Å². The molecule has 3 heterocycles. The molecule has 2 aromatic carbocycles. The molecule has 0 radical (unpaired) electrons. The van der Waals surface area contributed by atoms with Gasteiger partial charge in [-0.2, -0.15) is 26.3 Å². The lowest BCUT2D eigenvalue weighted by Gasteiger charge is -2.07. The van der Waals surface area contributed by atoms with Crippen molar-refractivity contribution in [1.82, 2.24) is 14.4 Å². The van der Waals surface area contributed by atoms with Gasteiger partial charge in [-0.25, -0.2) is 9.97 Å². The van der Waals surface area contributed by atoms with Gasteiger partial charge in [-0.05, 0) is 36.4 Å². The third kappa shape index (κ3) is 9.07. The minimum atomic E-state index is -4.46. The summed E-state index contributed by atoms with van der Waals surface area (Å²) in [5.41, 5.74) is 3.84. The molecule has 0 amide bonds. The number of aromatic nitrogens is 3. The minimum absolute atomic E-state index is 0.0221. The van der Waals surface area contributed by atoms with E-state index in [0.29, 0.717) is 0 Å². The second kappa shape index (κ2) is 14.6. The lowest BCUT2D eigenvalue weighted by molar-refractivity contribution is -0.384. The third-order valence-electron chi connectivity index (χ3n) is 5.79. The molecule has 0 bridgehead atoms. The van der Waals surface area contributed by atoms with Crippen molar-refractivity contribution < 1.29 is 41.0 Å². The van der Waals surface area contributed by atoms with E-state index in [1.807, 2.05) is 0 Å². The molecule has 240 valence electrons. The Balaban J connectivity index is 0.000000206. The Morgan fingerprint density at radius 1 is 0.848 bits per heavy atom. The van der Waals surface area contributed by atoms with Crippen LogP contribution in [0.5, 0.6) is 0 Å². The maximum absolute atomic E-state index is 12.7. The van der Waals surface area contributed by atoms with Crippen molar-refractivity contribution in [2.24, 2.45) is 0 Å². The van der Waals surface area contributed by atoms with Crippen molar-refractivity contribution in [2.45, 2.75) is 12.4 Å². The molecular weight excluding hydrogens is 694 g/mol. The standard InChI is InChI=1S/C14H8F3N3O2.C9H6BrF3O.C5H5N3O2/c15-14(16,17)10-4-1-3-9(7-10)11-8-19-6-2-5-12(20(21)22)13(19)18-11;10-5-8(14)6-2-1-3-7(4-6)9(11,12)13;6-5-4(8(9)10)2-1-3-7-5/h1-8H;1-4H,5H2;1-3H,(H2,6,7). The Morgan fingerprint density at radius 3 is 1.98 bits per heavy atom. The molecule has 46 heavy (non-hydrogen) atoms. The van der Waals surface area contributed by atoms with Gasteiger partial charge in [-0.3, -0.25) is 25.0 Å². The van der Waals surface area contributed by atoms with Crippen LogP contribution in [0.2, 0.25) is 0 Å². The highest BCUT2D eigenvalue weighted by atomic mass is 79.9. The third-order valence-corrected chi connectivity index (χ3v) is 6.30. The molecule has 0 aliphatic carbocycles. The topological polar surface area (TPSA) is 160 Å². The number of imidazole rings is 1. The van der Waals surface area contributed by atoms with E-state index in [1.54, 1.807) is 6.20 Å². The van der Waals surface area contributed by atoms with Gasteiger partial charge in [0.25, 0.3) is 0 Å². The molecule has 0 atom stereocenters. The van der Waals surface area contributed by atoms with Gasteiger partial charge >= 0.3 is 23.7 Å². The summed E-state index contributed by atoms with van der Waals surface area (Å²) in [6, 6.07) is 14.6. The van der Waals surface area contributed by atoms with Crippen LogP contribution in [-0.2, 0) is 12.4 Å². The smallest absolute Gasteiger partial charge is 0.378 e. The van der Waals surface area contributed by atoms with Crippen molar-refractivity contribution in [2.75, 3.05) is 11.1 Å². The zero-order valence-corrected chi connectivity index (χ0v) is 24.5. The molecule has 3 aromatic heterocycles. The predicted molar refractivity (Wildman–Crippen MR) is 157 cm³/mol. The second-order valence-electron chi connectivity index (χ2n) is 8.89. The average Bonchev–Trinajstić information content (AvgIpc) is 3.45. The van der Waals surface area contributed by atoms with Crippen LogP contribution in [0.3, 0.4) is 0 Å². The van der Waals surface area contributed by atoms with Crippen molar-refractivity contribution in [3.63, 3.8) is 0 Å². The molecular formula is C28H19BrF6N6O5. The fourth-order valence-corrected chi connectivity index (χ4v) is 3.97. The highest BCUT2D eigenvalue weighted by Crippen LogP contribution is 2.33. The van der Waals surface area contributed by atoms with Gasteiger partial charge in [0.05, 0.1) is 32.0 Å². The fraction of sp³-hybridized carbons (Fsp3) is 0.107.